The molecule has 1 aliphatic carbocycles. The number of sulfonamides is 1. The lowest BCUT2D eigenvalue weighted by Crippen LogP contribution is -2.51. The number of rotatable bonds is 6. The molecule has 1 saturated carbocycles. The molecule has 2 fully saturated rings. The molecule has 11 heteroatoms. The highest BCUT2D eigenvalue weighted by Gasteiger charge is 2.45. The topological polar surface area (TPSA) is 78.4 Å². The average molecular weight is 512 g/mol. The van der Waals surface area contributed by atoms with E-state index in [0.29, 0.717) is 31.2 Å². The minimum absolute atomic E-state index is 0.00999. The molecule has 0 amide bonds. The number of anilines is 1. The van der Waals surface area contributed by atoms with Gasteiger partial charge >= 0.3 is 0 Å². The van der Waals surface area contributed by atoms with E-state index in [9.17, 15) is 8.42 Å². The number of piperazine rings is 1. The summed E-state index contributed by atoms with van der Waals surface area (Å²) in [7, 11) is -3.59. The molecule has 5 rings (SSSR count). The van der Waals surface area contributed by atoms with Gasteiger partial charge in [0.15, 0.2) is 0 Å². The van der Waals surface area contributed by atoms with Gasteiger partial charge < -0.3 is 5.32 Å². The van der Waals surface area contributed by atoms with Crippen LogP contribution in [0.3, 0.4) is 0 Å². The summed E-state index contributed by atoms with van der Waals surface area (Å²) < 4.78 is 28.6. The first-order valence-corrected chi connectivity index (χ1v) is 13.5. The summed E-state index contributed by atoms with van der Waals surface area (Å²) in [5.41, 5.74) is 2.16. The second kappa shape index (κ2) is 8.38. The molecule has 0 unspecified atom stereocenters. The van der Waals surface area contributed by atoms with Gasteiger partial charge in [-0.1, -0.05) is 23.2 Å². The highest BCUT2D eigenvalue weighted by Crippen LogP contribution is 2.41. The number of benzene rings is 1. The van der Waals surface area contributed by atoms with Crippen molar-refractivity contribution >= 4 is 60.6 Å². The van der Waals surface area contributed by atoms with Crippen molar-refractivity contribution in [2.45, 2.75) is 30.2 Å². The number of aromatic nitrogens is 2. The van der Waals surface area contributed by atoms with Crippen molar-refractivity contribution < 1.29 is 8.42 Å². The molecule has 32 heavy (non-hydrogen) atoms. The van der Waals surface area contributed by atoms with E-state index in [0.717, 1.165) is 35.4 Å². The number of hydrogen-bond acceptors (Lipinski definition) is 7. The lowest BCUT2D eigenvalue weighted by atomic mass is 10.2. The van der Waals surface area contributed by atoms with Crippen LogP contribution in [0.5, 0.6) is 0 Å². The summed E-state index contributed by atoms with van der Waals surface area (Å²) >= 11 is 13.6. The van der Waals surface area contributed by atoms with Crippen molar-refractivity contribution in [1.82, 2.24) is 19.2 Å². The number of aryl methyl sites for hydroxylation is 1. The third-order valence-electron chi connectivity index (χ3n) is 6.15. The van der Waals surface area contributed by atoms with E-state index in [2.05, 4.69) is 32.5 Å². The molecule has 170 valence electrons. The average Bonchev–Trinajstić information content (AvgIpc) is 3.42. The van der Waals surface area contributed by atoms with Crippen LogP contribution in [0.15, 0.2) is 34.8 Å². The van der Waals surface area contributed by atoms with Gasteiger partial charge in [0, 0.05) is 32.7 Å². The number of hydrogen-bond donors (Lipinski definition) is 1. The quantitative estimate of drug-likeness (QED) is 0.532. The van der Waals surface area contributed by atoms with Crippen LogP contribution in [0.1, 0.15) is 18.4 Å². The molecule has 1 saturated heterocycles. The van der Waals surface area contributed by atoms with E-state index in [1.165, 1.54) is 28.1 Å². The Morgan fingerprint density at radius 2 is 1.88 bits per heavy atom. The molecule has 0 spiro atoms. The van der Waals surface area contributed by atoms with Crippen LogP contribution >= 0.6 is 34.5 Å². The number of nitrogens with zero attached hydrogens (tertiary/aromatic N) is 4. The van der Waals surface area contributed by atoms with E-state index >= 15 is 0 Å². The fourth-order valence-electron chi connectivity index (χ4n) is 4.13. The van der Waals surface area contributed by atoms with E-state index < -0.39 is 10.0 Å². The summed E-state index contributed by atoms with van der Waals surface area (Å²) in [4.78, 5) is 11.4. The molecule has 0 bridgehead atoms. The lowest BCUT2D eigenvalue weighted by molar-refractivity contribution is 0.179. The van der Waals surface area contributed by atoms with Gasteiger partial charge in [0.2, 0.25) is 10.0 Å². The Morgan fingerprint density at radius 1 is 1.12 bits per heavy atom. The molecular formula is C21H23Cl2N5O2S2. The monoisotopic (exact) mass is 511 g/mol. The first kappa shape index (κ1) is 22.3. The summed E-state index contributed by atoms with van der Waals surface area (Å²) in [5, 5.41) is 6.37. The van der Waals surface area contributed by atoms with Crippen molar-refractivity contribution in [2.75, 3.05) is 38.0 Å². The molecule has 2 aromatic heterocycles. The largest absolute Gasteiger partial charge is 0.362 e. The second-order valence-electron chi connectivity index (χ2n) is 8.48. The fourth-order valence-corrected chi connectivity index (χ4v) is 6.88. The molecule has 1 aromatic carbocycles. The maximum atomic E-state index is 13.0. The van der Waals surface area contributed by atoms with Crippen LogP contribution in [0.25, 0.3) is 10.2 Å². The van der Waals surface area contributed by atoms with Crippen LogP contribution in [0, 0.1) is 6.92 Å². The Morgan fingerprint density at radius 3 is 2.56 bits per heavy atom. The number of nitrogens with one attached hydrogen (secondary N) is 1. The predicted molar refractivity (Wildman–Crippen MR) is 129 cm³/mol. The van der Waals surface area contributed by atoms with Gasteiger partial charge in [0.25, 0.3) is 0 Å². The van der Waals surface area contributed by atoms with Gasteiger partial charge in [-0.3, -0.25) is 4.90 Å². The predicted octanol–water partition coefficient (Wildman–Crippen LogP) is 4.26. The first-order chi connectivity index (χ1) is 15.3. The zero-order chi connectivity index (χ0) is 22.5. The zero-order valence-corrected chi connectivity index (χ0v) is 20.7. The molecule has 1 N–H and O–H groups in total. The van der Waals surface area contributed by atoms with Gasteiger partial charge in [-0.25, -0.2) is 18.4 Å². The van der Waals surface area contributed by atoms with Gasteiger partial charge in [-0.15, -0.1) is 11.3 Å². The van der Waals surface area contributed by atoms with E-state index in [-0.39, 0.29) is 15.5 Å². The molecule has 3 heterocycles. The second-order valence-corrected chi connectivity index (χ2v) is 12.1. The van der Waals surface area contributed by atoms with Crippen molar-refractivity contribution in [2.24, 2.45) is 0 Å². The normalized spacial score (nSPS) is 19.3. The number of halogens is 2. The Hall–Kier alpha value is -1.49. The van der Waals surface area contributed by atoms with Gasteiger partial charge in [0.1, 0.15) is 12.1 Å². The standard InChI is InChI=1S/C21H23Cl2N5O2S2/c1-14-11-31-19-18(14)24-13-25-20(19)26-21(4-5-21)12-27-6-8-28(9-7-27)32(29,30)15-2-3-16(22)17(23)10-15/h2-3,10-11,13H,4-9,12H2,1H3,(H,24,25,26). The van der Waals surface area contributed by atoms with Crippen molar-refractivity contribution in [3.63, 3.8) is 0 Å². The molecule has 1 aliphatic heterocycles. The van der Waals surface area contributed by atoms with E-state index in [1.807, 2.05) is 0 Å². The minimum Gasteiger partial charge on any atom is -0.362 e. The fraction of sp³-hybridized carbons (Fsp3) is 0.429. The Balaban J connectivity index is 1.23. The van der Waals surface area contributed by atoms with Gasteiger partial charge in [-0.2, -0.15) is 4.31 Å². The van der Waals surface area contributed by atoms with Crippen LogP contribution in [-0.2, 0) is 10.0 Å². The maximum Gasteiger partial charge on any atom is 0.243 e. The first-order valence-electron chi connectivity index (χ1n) is 10.4. The SMILES string of the molecule is Cc1csc2c(NC3(CN4CCN(S(=O)(=O)c5ccc(Cl)c(Cl)c5)CC4)CC3)ncnc12. The zero-order valence-electron chi connectivity index (χ0n) is 17.5. The van der Waals surface area contributed by atoms with Gasteiger partial charge in [-0.05, 0) is 48.9 Å². The molecule has 3 aromatic rings. The molecule has 0 atom stereocenters. The van der Waals surface area contributed by atoms with E-state index in [1.54, 1.807) is 17.7 Å². The van der Waals surface area contributed by atoms with Crippen molar-refractivity contribution in [3.8, 4) is 0 Å². The Labute approximate surface area is 201 Å². The summed E-state index contributed by atoms with van der Waals surface area (Å²) in [6.07, 6.45) is 3.77. The highest BCUT2D eigenvalue weighted by atomic mass is 35.5. The molecule has 7 nitrogen and oxygen atoms in total. The van der Waals surface area contributed by atoms with Crippen LogP contribution in [0.2, 0.25) is 10.0 Å². The number of thiophene rings is 1. The summed E-state index contributed by atoms with van der Waals surface area (Å²) in [5.74, 6) is 0.895. The third kappa shape index (κ3) is 4.22. The smallest absolute Gasteiger partial charge is 0.243 e. The summed E-state index contributed by atoms with van der Waals surface area (Å²) in [6, 6.07) is 4.45. The minimum atomic E-state index is -3.59. The van der Waals surface area contributed by atoms with Crippen LogP contribution < -0.4 is 5.32 Å². The Bertz CT molecular complexity index is 1270. The van der Waals surface area contributed by atoms with Crippen LogP contribution in [0.4, 0.5) is 5.82 Å². The van der Waals surface area contributed by atoms with Crippen molar-refractivity contribution in [1.29, 1.82) is 0 Å². The molecular weight excluding hydrogens is 489 g/mol. The third-order valence-corrected chi connectivity index (χ3v) is 9.88. The van der Waals surface area contributed by atoms with E-state index in [4.69, 9.17) is 23.2 Å². The number of fused-ring (bicyclic) bond motifs is 1. The highest BCUT2D eigenvalue weighted by molar-refractivity contribution is 7.89. The van der Waals surface area contributed by atoms with Crippen molar-refractivity contribution in [3.05, 3.63) is 45.5 Å². The van der Waals surface area contributed by atoms with Crippen LogP contribution in [-0.4, -0.2) is 65.9 Å². The molecule has 0 radical (unpaired) electrons. The Kier molecular flexibility index (Phi) is 5.84. The molecule has 2 aliphatic rings. The van der Waals surface area contributed by atoms with Gasteiger partial charge in [0.05, 0.1) is 30.7 Å². The lowest BCUT2D eigenvalue weighted by Gasteiger charge is -2.36. The maximum absolute atomic E-state index is 13.0. The summed E-state index contributed by atoms with van der Waals surface area (Å²) in [6.45, 7) is 5.18.